The van der Waals surface area contributed by atoms with Crippen molar-refractivity contribution < 1.29 is 17.9 Å². The second-order valence-corrected chi connectivity index (χ2v) is 6.25. The zero-order valence-electron chi connectivity index (χ0n) is 12.1. The maximum absolute atomic E-state index is 12.0. The average molecular weight is 304 g/mol. The van der Waals surface area contributed by atoms with E-state index in [-0.39, 0.29) is 19.5 Å². The third-order valence-corrected chi connectivity index (χ3v) is 4.34. The Kier molecular flexibility index (Phi) is 5.66. The molecular weight excluding hydrogens is 284 g/mol. The number of aryl methyl sites for hydroxylation is 2. The number of hydrogen-bond donors (Lipinski definition) is 1. The van der Waals surface area contributed by atoms with Crippen molar-refractivity contribution >= 4 is 16.2 Å². The highest BCUT2D eigenvalue weighted by Crippen LogP contribution is 2.05. The molecule has 0 spiro atoms. The van der Waals surface area contributed by atoms with Gasteiger partial charge in [0.25, 0.3) is 10.2 Å². The van der Waals surface area contributed by atoms with Crippen LogP contribution in [0.15, 0.2) is 6.20 Å². The van der Waals surface area contributed by atoms with E-state index < -0.39 is 16.2 Å². The van der Waals surface area contributed by atoms with E-state index in [1.54, 1.807) is 17.9 Å². The Balaban J connectivity index is 2.56. The first kappa shape index (κ1) is 16.6. The van der Waals surface area contributed by atoms with Gasteiger partial charge in [-0.2, -0.15) is 22.5 Å². The number of esters is 1. The lowest BCUT2D eigenvalue weighted by Crippen LogP contribution is -2.39. The van der Waals surface area contributed by atoms with Crippen LogP contribution >= 0.6 is 0 Å². The minimum atomic E-state index is -3.63. The fourth-order valence-electron chi connectivity index (χ4n) is 1.57. The first-order chi connectivity index (χ1) is 9.26. The van der Waals surface area contributed by atoms with Gasteiger partial charge in [0, 0.05) is 38.9 Å². The van der Waals surface area contributed by atoms with Crippen molar-refractivity contribution in [1.82, 2.24) is 18.8 Å². The molecule has 0 aliphatic heterocycles. The van der Waals surface area contributed by atoms with Gasteiger partial charge in [0.05, 0.1) is 19.2 Å². The predicted octanol–water partition coefficient (Wildman–Crippen LogP) is -0.442. The molecule has 1 aromatic heterocycles. The standard InChI is InChI=1S/C11H20N4O4S/c1-9-10(8-14(2)13-9)7-12-20(17,18)15(3)6-5-11(16)19-4/h8,12H,5-7H2,1-4H3. The van der Waals surface area contributed by atoms with Crippen LogP contribution in [0.4, 0.5) is 0 Å². The van der Waals surface area contributed by atoms with Gasteiger partial charge < -0.3 is 4.74 Å². The molecule has 0 atom stereocenters. The monoisotopic (exact) mass is 304 g/mol. The number of rotatable bonds is 7. The van der Waals surface area contributed by atoms with Crippen LogP contribution in [0.1, 0.15) is 17.7 Å². The smallest absolute Gasteiger partial charge is 0.306 e. The van der Waals surface area contributed by atoms with E-state index in [2.05, 4.69) is 14.6 Å². The Morgan fingerprint density at radius 3 is 2.70 bits per heavy atom. The SMILES string of the molecule is COC(=O)CCN(C)S(=O)(=O)NCc1cn(C)nc1C. The Morgan fingerprint density at radius 1 is 1.55 bits per heavy atom. The molecule has 0 saturated heterocycles. The van der Waals surface area contributed by atoms with Crippen molar-refractivity contribution in [2.24, 2.45) is 7.05 Å². The summed E-state index contributed by atoms with van der Waals surface area (Å²) in [6.45, 7) is 2.03. The van der Waals surface area contributed by atoms with Gasteiger partial charge in [-0.25, -0.2) is 0 Å². The van der Waals surface area contributed by atoms with Crippen molar-refractivity contribution in [2.45, 2.75) is 19.9 Å². The Morgan fingerprint density at radius 2 is 2.20 bits per heavy atom. The highest BCUT2D eigenvalue weighted by molar-refractivity contribution is 7.87. The molecule has 0 fully saturated rings. The minimum Gasteiger partial charge on any atom is -0.469 e. The third-order valence-electron chi connectivity index (χ3n) is 2.83. The number of nitrogens with zero attached hydrogens (tertiary/aromatic N) is 3. The molecule has 1 aromatic rings. The topological polar surface area (TPSA) is 93.5 Å². The van der Waals surface area contributed by atoms with E-state index in [0.717, 1.165) is 15.6 Å². The molecule has 1 N–H and O–H groups in total. The Bertz CT molecular complexity index is 567. The summed E-state index contributed by atoms with van der Waals surface area (Å²) in [6, 6.07) is 0. The largest absolute Gasteiger partial charge is 0.469 e. The number of aromatic nitrogens is 2. The third kappa shape index (κ3) is 4.58. The van der Waals surface area contributed by atoms with Crippen LogP contribution < -0.4 is 4.72 Å². The van der Waals surface area contributed by atoms with E-state index in [1.807, 2.05) is 6.92 Å². The molecule has 0 saturated carbocycles. The number of ether oxygens (including phenoxy) is 1. The highest BCUT2D eigenvalue weighted by Gasteiger charge is 2.19. The number of nitrogens with one attached hydrogen (secondary N) is 1. The van der Waals surface area contributed by atoms with Crippen LogP contribution in [0.3, 0.4) is 0 Å². The van der Waals surface area contributed by atoms with Crippen LogP contribution in [0.5, 0.6) is 0 Å². The Hall–Kier alpha value is -1.45. The van der Waals surface area contributed by atoms with E-state index >= 15 is 0 Å². The van der Waals surface area contributed by atoms with Gasteiger partial charge in [-0.15, -0.1) is 0 Å². The second kappa shape index (κ2) is 6.82. The van der Waals surface area contributed by atoms with E-state index in [1.165, 1.54) is 14.2 Å². The van der Waals surface area contributed by atoms with Crippen molar-refractivity contribution in [2.75, 3.05) is 20.7 Å². The normalized spacial score (nSPS) is 11.8. The lowest BCUT2D eigenvalue weighted by Gasteiger charge is -2.16. The summed E-state index contributed by atoms with van der Waals surface area (Å²) in [4.78, 5) is 11.0. The molecule has 0 aliphatic rings. The summed E-state index contributed by atoms with van der Waals surface area (Å²) in [5.74, 6) is -0.449. The lowest BCUT2D eigenvalue weighted by molar-refractivity contribution is -0.140. The zero-order valence-corrected chi connectivity index (χ0v) is 12.9. The fraction of sp³-hybridized carbons (Fsp3) is 0.636. The highest BCUT2D eigenvalue weighted by atomic mass is 32.2. The van der Waals surface area contributed by atoms with Gasteiger partial charge in [-0.3, -0.25) is 9.48 Å². The van der Waals surface area contributed by atoms with Crippen LogP contribution in [-0.2, 0) is 33.3 Å². The average Bonchev–Trinajstić information content (AvgIpc) is 2.71. The van der Waals surface area contributed by atoms with Crippen LogP contribution in [0.2, 0.25) is 0 Å². The number of carbonyl (C=O) groups is 1. The zero-order chi connectivity index (χ0) is 15.3. The lowest BCUT2D eigenvalue weighted by atomic mass is 10.3. The molecule has 0 radical (unpaired) electrons. The minimum absolute atomic E-state index is 0.0137. The predicted molar refractivity (Wildman–Crippen MR) is 73.0 cm³/mol. The van der Waals surface area contributed by atoms with Crippen LogP contribution in [0.25, 0.3) is 0 Å². The van der Waals surface area contributed by atoms with Gasteiger partial charge >= 0.3 is 5.97 Å². The maximum atomic E-state index is 12.0. The van der Waals surface area contributed by atoms with Gasteiger partial charge in [0.1, 0.15) is 0 Å². The molecule has 1 rings (SSSR count). The summed E-state index contributed by atoms with van der Waals surface area (Å²) in [5, 5.41) is 4.13. The molecule has 9 heteroatoms. The number of carbonyl (C=O) groups excluding carboxylic acids is 1. The van der Waals surface area contributed by atoms with E-state index in [9.17, 15) is 13.2 Å². The van der Waals surface area contributed by atoms with Crippen molar-refractivity contribution in [3.8, 4) is 0 Å². The molecule has 1 heterocycles. The molecule has 0 bridgehead atoms. The first-order valence-electron chi connectivity index (χ1n) is 6.03. The van der Waals surface area contributed by atoms with Crippen LogP contribution in [-0.4, -0.2) is 49.2 Å². The maximum Gasteiger partial charge on any atom is 0.306 e. The molecule has 0 aliphatic carbocycles. The molecule has 20 heavy (non-hydrogen) atoms. The number of methoxy groups -OCH3 is 1. The van der Waals surface area contributed by atoms with Gasteiger partial charge in [-0.05, 0) is 6.92 Å². The molecule has 0 amide bonds. The summed E-state index contributed by atoms with van der Waals surface area (Å²) in [7, 11) is 0.808. The quantitative estimate of drug-likeness (QED) is 0.689. The molecule has 8 nitrogen and oxygen atoms in total. The van der Waals surface area contributed by atoms with Crippen molar-refractivity contribution in [3.05, 3.63) is 17.5 Å². The second-order valence-electron chi connectivity index (χ2n) is 4.39. The molecule has 0 aromatic carbocycles. The Labute approximate surface area is 118 Å². The fourth-order valence-corrected chi connectivity index (χ4v) is 2.46. The summed E-state index contributed by atoms with van der Waals surface area (Å²) >= 11 is 0. The van der Waals surface area contributed by atoms with E-state index in [4.69, 9.17) is 0 Å². The van der Waals surface area contributed by atoms with Gasteiger partial charge in [0.15, 0.2) is 0 Å². The van der Waals surface area contributed by atoms with Crippen LogP contribution in [0, 0.1) is 6.92 Å². The van der Waals surface area contributed by atoms with Crippen molar-refractivity contribution in [3.63, 3.8) is 0 Å². The summed E-state index contributed by atoms with van der Waals surface area (Å²) in [5.41, 5.74) is 1.57. The molecule has 0 unspecified atom stereocenters. The van der Waals surface area contributed by atoms with E-state index in [0.29, 0.717) is 0 Å². The van der Waals surface area contributed by atoms with Gasteiger partial charge in [-0.1, -0.05) is 0 Å². The summed E-state index contributed by atoms with van der Waals surface area (Å²) in [6.07, 6.45) is 1.77. The van der Waals surface area contributed by atoms with Crippen molar-refractivity contribution in [1.29, 1.82) is 0 Å². The van der Waals surface area contributed by atoms with Gasteiger partial charge in [0.2, 0.25) is 0 Å². The summed E-state index contributed by atoms with van der Waals surface area (Å²) < 4.78 is 33.6. The molecular formula is C11H20N4O4S. The molecule has 114 valence electrons. The number of hydrogen-bond acceptors (Lipinski definition) is 5. The first-order valence-corrected chi connectivity index (χ1v) is 7.47.